The van der Waals surface area contributed by atoms with Crippen LogP contribution in [0.1, 0.15) is 0 Å². The van der Waals surface area contributed by atoms with Crippen LogP contribution >= 0.6 is 0 Å². The van der Waals surface area contributed by atoms with E-state index in [4.69, 9.17) is 19.8 Å². The van der Waals surface area contributed by atoms with Crippen LogP contribution in [0.5, 0.6) is 11.5 Å². The topological polar surface area (TPSA) is 142 Å². The summed E-state index contributed by atoms with van der Waals surface area (Å²) < 4.78 is 67.1. The smallest absolute Gasteiger partial charge is 0.397 e. The second-order valence-corrected chi connectivity index (χ2v) is 7.02. The average molecular weight is 341 g/mol. The molecule has 0 aliphatic carbocycles. The number of ether oxygens (including phenoxy) is 2. The first-order valence-corrected chi connectivity index (χ1v) is 8.48. The maximum Gasteiger partial charge on any atom is 0.397 e. The van der Waals surface area contributed by atoms with Crippen LogP contribution in [0.15, 0.2) is 17.0 Å². The van der Waals surface area contributed by atoms with Gasteiger partial charge in [0.25, 0.3) is 0 Å². The van der Waals surface area contributed by atoms with Gasteiger partial charge in [-0.05, 0) is 6.07 Å². The summed E-state index contributed by atoms with van der Waals surface area (Å²) in [4.78, 5) is -0.184. The van der Waals surface area contributed by atoms with Crippen molar-refractivity contribution in [3.8, 4) is 11.5 Å². The predicted molar refractivity (Wildman–Crippen MR) is 73.5 cm³/mol. The molecule has 0 atom stereocenters. The minimum Gasteiger partial charge on any atom is -0.493 e. The average Bonchev–Trinajstić information content (AvgIpc) is 2.35. The Labute approximate surface area is 122 Å². The van der Waals surface area contributed by atoms with Gasteiger partial charge in [0.2, 0.25) is 0 Å². The molecule has 0 spiro atoms. The molecule has 1 aromatic carbocycles. The SMILES string of the molecule is COc1cc(S(=O)(=O)CCOS(=O)(=O)O)cc(N)c1OC. The maximum absolute atomic E-state index is 12.0. The van der Waals surface area contributed by atoms with Crippen LogP contribution in [0.4, 0.5) is 5.69 Å². The Morgan fingerprint density at radius 3 is 2.24 bits per heavy atom. The minimum absolute atomic E-state index is 0.0473. The van der Waals surface area contributed by atoms with Gasteiger partial charge in [0.1, 0.15) is 0 Å². The quantitative estimate of drug-likeness (QED) is 0.512. The molecule has 120 valence electrons. The van der Waals surface area contributed by atoms with Gasteiger partial charge in [0.05, 0.1) is 37.2 Å². The fourth-order valence-corrected chi connectivity index (χ4v) is 3.05. The molecule has 0 heterocycles. The molecule has 9 nitrogen and oxygen atoms in total. The molecule has 0 fully saturated rings. The van der Waals surface area contributed by atoms with Crippen molar-refractivity contribution in [1.82, 2.24) is 0 Å². The fraction of sp³-hybridized carbons (Fsp3) is 0.400. The van der Waals surface area contributed by atoms with E-state index in [1.165, 1.54) is 20.3 Å². The summed E-state index contributed by atoms with van der Waals surface area (Å²) in [7, 11) is -5.91. The molecule has 0 aromatic heterocycles. The number of hydrogen-bond donors (Lipinski definition) is 2. The Kier molecular flexibility index (Phi) is 5.39. The lowest BCUT2D eigenvalue weighted by Gasteiger charge is -2.12. The summed E-state index contributed by atoms with van der Waals surface area (Å²) >= 11 is 0. The first-order chi connectivity index (χ1) is 9.60. The van der Waals surface area contributed by atoms with E-state index < -0.39 is 32.6 Å². The van der Waals surface area contributed by atoms with E-state index in [1.807, 2.05) is 0 Å². The predicted octanol–water partition coefficient (Wildman–Crippen LogP) is -0.121. The van der Waals surface area contributed by atoms with E-state index in [1.54, 1.807) is 0 Å². The molecule has 0 saturated carbocycles. The molecule has 21 heavy (non-hydrogen) atoms. The van der Waals surface area contributed by atoms with E-state index in [2.05, 4.69) is 4.18 Å². The number of nitrogens with two attached hydrogens (primary N) is 1. The third-order valence-corrected chi connectivity index (χ3v) is 4.55. The highest BCUT2D eigenvalue weighted by Crippen LogP contribution is 2.36. The standard InChI is InChI=1S/C10H15NO8S2/c1-17-9-6-7(5-8(11)10(9)18-2)20(12,13)4-3-19-21(14,15)16/h5-6H,3-4,11H2,1-2H3,(H,14,15,16). The molecule has 0 aliphatic rings. The highest BCUT2D eigenvalue weighted by atomic mass is 32.3. The summed E-state index contributed by atoms with van der Waals surface area (Å²) in [5.41, 5.74) is 5.71. The van der Waals surface area contributed by atoms with Crippen LogP contribution < -0.4 is 15.2 Å². The van der Waals surface area contributed by atoms with E-state index in [0.717, 1.165) is 6.07 Å². The Morgan fingerprint density at radius 2 is 1.76 bits per heavy atom. The normalized spacial score (nSPS) is 12.1. The molecule has 0 aliphatic heterocycles. The van der Waals surface area contributed by atoms with Gasteiger partial charge in [-0.2, -0.15) is 8.42 Å². The summed E-state index contributed by atoms with van der Waals surface area (Å²) in [5, 5.41) is 0. The first kappa shape index (κ1) is 17.5. The number of benzene rings is 1. The molecule has 1 rings (SSSR count). The van der Waals surface area contributed by atoms with Gasteiger partial charge in [-0.3, -0.25) is 4.55 Å². The van der Waals surface area contributed by atoms with E-state index in [0.29, 0.717) is 0 Å². The largest absolute Gasteiger partial charge is 0.493 e. The number of sulfone groups is 1. The Morgan fingerprint density at radius 1 is 1.14 bits per heavy atom. The zero-order valence-corrected chi connectivity index (χ0v) is 12.9. The van der Waals surface area contributed by atoms with Gasteiger partial charge in [0.15, 0.2) is 21.3 Å². The summed E-state index contributed by atoms with van der Waals surface area (Å²) in [6, 6.07) is 2.35. The van der Waals surface area contributed by atoms with Crippen molar-refractivity contribution in [3.63, 3.8) is 0 Å². The first-order valence-electron chi connectivity index (χ1n) is 5.47. The van der Waals surface area contributed by atoms with Gasteiger partial charge in [-0.1, -0.05) is 0 Å². The van der Waals surface area contributed by atoms with Crippen LogP contribution in [0.2, 0.25) is 0 Å². The Bertz CT molecular complexity index is 711. The van der Waals surface area contributed by atoms with Gasteiger partial charge in [-0.25, -0.2) is 12.6 Å². The summed E-state index contributed by atoms with van der Waals surface area (Å²) in [5.74, 6) is -0.362. The molecule has 0 amide bonds. The van der Waals surface area contributed by atoms with E-state index >= 15 is 0 Å². The lowest BCUT2D eigenvalue weighted by molar-refractivity contribution is 0.284. The van der Waals surface area contributed by atoms with Gasteiger partial charge >= 0.3 is 10.4 Å². The Balaban J connectivity index is 3.06. The molecular weight excluding hydrogens is 326 g/mol. The van der Waals surface area contributed by atoms with Gasteiger partial charge in [0, 0.05) is 6.07 Å². The van der Waals surface area contributed by atoms with Crippen molar-refractivity contribution in [2.75, 3.05) is 32.3 Å². The number of anilines is 1. The summed E-state index contributed by atoms with van der Waals surface area (Å²) in [6.07, 6.45) is 0. The van der Waals surface area contributed by atoms with Crippen LogP contribution in [-0.2, 0) is 24.4 Å². The van der Waals surface area contributed by atoms with E-state index in [-0.39, 0.29) is 22.1 Å². The lowest BCUT2D eigenvalue weighted by atomic mass is 10.3. The highest BCUT2D eigenvalue weighted by Gasteiger charge is 2.20. The fourth-order valence-electron chi connectivity index (χ4n) is 1.51. The van der Waals surface area contributed by atoms with Crippen LogP contribution in [0, 0.1) is 0 Å². The number of hydrogen-bond acceptors (Lipinski definition) is 8. The van der Waals surface area contributed by atoms with Crippen molar-refractivity contribution in [2.45, 2.75) is 4.90 Å². The van der Waals surface area contributed by atoms with Gasteiger partial charge < -0.3 is 15.2 Å². The van der Waals surface area contributed by atoms with E-state index in [9.17, 15) is 16.8 Å². The third kappa shape index (κ3) is 4.74. The van der Waals surface area contributed by atoms with Crippen molar-refractivity contribution < 1.29 is 35.0 Å². The van der Waals surface area contributed by atoms with Crippen LogP contribution in [-0.4, -0.2) is 48.0 Å². The summed E-state index contributed by atoms with van der Waals surface area (Å²) in [6.45, 7) is -0.727. The number of rotatable bonds is 7. The zero-order valence-electron chi connectivity index (χ0n) is 11.3. The van der Waals surface area contributed by atoms with Crippen LogP contribution in [0.25, 0.3) is 0 Å². The molecule has 3 N–H and O–H groups in total. The second kappa shape index (κ2) is 6.47. The van der Waals surface area contributed by atoms with Crippen molar-refractivity contribution >= 4 is 25.9 Å². The monoisotopic (exact) mass is 341 g/mol. The van der Waals surface area contributed by atoms with Crippen molar-refractivity contribution in [1.29, 1.82) is 0 Å². The number of nitrogen functional groups attached to an aromatic ring is 1. The molecular formula is C10H15NO8S2. The second-order valence-electron chi connectivity index (χ2n) is 3.82. The molecule has 0 radical (unpaired) electrons. The maximum atomic E-state index is 12.0. The molecule has 1 aromatic rings. The van der Waals surface area contributed by atoms with Gasteiger partial charge in [-0.15, -0.1) is 0 Å². The molecule has 0 unspecified atom stereocenters. The molecule has 0 bridgehead atoms. The third-order valence-electron chi connectivity index (χ3n) is 2.42. The molecule has 0 saturated heterocycles. The zero-order chi connectivity index (χ0) is 16.3. The van der Waals surface area contributed by atoms with Crippen LogP contribution in [0.3, 0.4) is 0 Å². The van der Waals surface area contributed by atoms with Crippen molar-refractivity contribution in [2.24, 2.45) is 0 Å². The Hall–Kier alpha value is -1.56. The van der Waals surface area contributed by atoms with Crippen molar-refractivity contribution in [3.05, 3.63) is 12.1 Å². The lowest BCUT2D eigenvalue weighted by Crippen LogP contribution is -2.16. The highest BCUT2D eigenvalue weighted by molar-refractivity contribution is 7.91. The minimum atomic E-state index is -4.69. The molecule has 11 heteroatoms. The number of methoxy groups -OCH3 is 2.